The van der Waals surface area contributed by atoms with Crippen LogP contribution in [0, 0.1) is 5.92 Å². The monoisotopic (exact) mass is 407 g/mol. The number of para-hydroxylation sites is 1. The number of rotatable bonds is 7. The van der Waals surface area contributed by atoms with E-state index in [-0.39, 0.29) is 22.8 Å². The molecule has 3 rings (SSSR count). The van der Waals surface area contributed by atoms with Crippen LogP contribution in [0.5, 0.6) is 0 Å². The largest absolute Gasteiger partial charge is 0.450 e. The van der Waals surface area contributed by atoms with Gasteiger partial charge in [-0.1, -0.05) is 50.2 Å². The van der Waals surface area contributed by atoms with Gasteiger partial charge < -0.3 is 14.5 Å². The van der Waals surface area contributed by atoms with Crippen LogP contribution in [0.3, 0.4) is 0 Å². The zero-order chi connectivity index (χ0) is 21.7. The van der Waals surface area contributed by atoms with Crippen LogP contribution in [-0.4, -0.2) is 18.5 Å². The second kappa shape index (κ2) is 9.39. The standard InChI is InChI=1S/C24H25NO5/c1-15(2)12-17-8-10-18(11-9-17)16(3)25-23(27)14-29-24(28)22-13-20(26)19-6-4-5-7-21(19)30-22/h4-11,13,15-16H,12,14H2,1-3H3,(H,25,27)/t16-/m1/s1. The summed E-state index contributed by atoms with van der Waals surface area (Å²) in [6.45, 7) is 5.73. The number of carbonyl (C=O) groups is 2. The second-order valence-corrected chi connectivity index (χ2v) is 7.68. The predicted octanol–water partition coefficient (Wildman–Crippen LogP) is 4.03. The van der Waals surface area contributed by atoms with Crippen LogP contribution in [0.15, 0.2) is 63.8 Å². The molecule has 6 heteroatoms. The summed E-state index contributed by atoms with van der Waals surface area (Å²) in [4.78, 5) is 36.4. The van der Waals surface area contributed by atoms with Gasteiger partial charge in [0.15, 0.2) is 12.0 Å². The first-order valence-corrected chi connectivity index (χ1v) is 9.91. The molecule has 0 fully saturated rings. The maximum atomic E-state index is 12.2. The van der Waals surface area contributed by atoms with Gasteiger partial charge in [-0.05, 0) is 42.5 Å². The van der Waals surface area contributed by atoms with Gasteiger partial charge in [0, 0.05) is 6.07 Å². The summed E-state index contributed by atoms with van der Waals surface area (Å²) in [6, 6.07) is 15.5. The molecule has 3 aromatic rings. The maximum absolute atomic E-state index is 12.2. The zero-order valence-corrected chi connectivity index (χ0v) is 17.3. The van der Waals surface area contributed by atoms with Crippen LogP contribution in [0.25, 0.3) is 11.0 Å². The Balaban J connectivity index is 1.56. The molecule has 0 saturated heterocycles. The summed E-state index contributed by atoms with van der Waals surface area (Å²) in [6.07, 6.45) is 1.00. The number of hydrogen-bond donors (Lipinski definition) is 1. The third-order valence-corrected chi connectivity index (χ3v) is 4.67. The van der Waals surface area contributed by atoms with Crippen LogP contribution >= 0.6 is 0 Å². The highest BCUT2D eigenvalue weighted by molar-refractivity contribution is 5.90. The van der Waals surface area contributed by atoms with Crippen molar-refractivity contribution in [2.24, 2.45) is 5.92 Å². The van der Waals surface area contributed by atoms with Gasteiger partial charge in [0.1, 0.15) is 5.58 Å². The Hall–Kier alpha value is -3.41. The topological polar surface area (TPSA) is 85.6 Å². The Bertz CT molecular complexity index is 1100. The minimum atomic E-state index is -0.862. The number of benzene rings is 2. The number of esters is 1. The van der Waals surface area contributed by atoms with Gasteiger partial charge in [-0.2, -0.15) is 0 Å². The lowest BCUT2D eigenvalue weighted by Gasteiger charge is -2.15. The van der Waals surface area contributed by atoms with E-state index >= 15 is 0 Å². The van der Waals surface area contributed by atoms with Gasteiger partial charge in [-0.3, -0.25) is 9.59 Å². The highest BCUT2D eigenvalue weighted by atomic mass is 16.5. The van der Waals surface area contributed by atoms with E-state index in [2.05, 4.69) is 31.3 Å². The van der Waals surface area contributed by atoms with Gasteiger partial charge in [-0.25, -0.2) is 4.79 Å². The Morgan fingerprint density at radius 1 is 1.03 bits per heavy atom. The zero-order valence-electron chi connectivity index (χ0n) is 17.3. The fourth-order valence-electron chi connectivity index (χ4n) is 3.19. The number of ether oxygens (including phenoxy) is 1. The summed E-state index contributed by atoms with van der Waals surface area (Å²) in [7, 11) is 0. The van der Waals surface area contributed by atoms with Gasteiger partial charge >= 0.3 is 5.97 Å². The summed E-state index contributed by atoms with van der Waals surface area (Å²) >= 11 is 0. The highest BCUT2D eigenvalue weighted by Crippen LogP contribution is 2.16. The van der Waals surface area contributed by atoms with Gasteiger partial charge in [0.2, 0.25) is 5.76 Å². The van der Waals surface area contributed by atoms with Crippen LogP contribution < -0.4 is 10.7 Å². The molecule has 1 N–H and O–H groups in total. The SMILES string of the molecule is CC(C)Cc1ccc([C@@H](C)NC(=O)COC(=O)c2cc(=O)c3ccccc3o2)cc1. The lowest BCUT2D eigenvalue weighted by atomic mass is 10.00. The number of nitrogens with one attached hydrogen (secondary N) is 1. The van der Waals surface area contributed by atoms with E-state index in [0.29, 0.717) is 11.3 Å². The Labute approximate surface area is 174 Å². The molecule has 0 spiro atoms. The Morgan fingerprint density at radius 3 is 2.43 bits per heavy atom. The minimum absolute atomic E-state index is 0.233. The van der Waals surface area contributed by atoms with Gasteiger partial charge in [0.05, 0.1) is 11.4 Å². The van der Waals surface area contributed by atoms with Crippen molar-refractivity contribution in [1.29, 1.82) is 0 Å². The van der Waals surface area contributed by atoms with Crippen LogP contribution in [0.4, 0.5) is 0 Å². The van der Waals surface area contributed by atoms with Crippen molar-refractivity contribution in [3.63, 3.8) is 0 Å². The van der Waals surface area contributed by atoms with E-state index in [1.54, 1.807) is 24.3 Å². The van der Waals surface area contributed by atoms with Crippen molar-refractivity contribution in [1.82, 2.24) is 5.32 Å². The van der Waals surface area contributed by atoms with Crippen LogP contribution in [-0.2, 0) is 16.0 Å². The molecule has 1 atom stereocenters. The van der Waals surface area contributed by atoms with Crippen LogP contribution in [0.2, 0.25) is 0 Å². The molecule has 0 aliphatic rings. The first-order valence-electron chi connectivity index (χ1n) is 9.91. The predicted molar refractivity (Wildman–Crippen MR) is 114 cm³/mol. The van der Waals surface area contributed by atoms with Crippen molar-refractivity contribution in [3.05, 3.63) is 81.7 Å². The highest BCUT2D eigenvalue weighted by Gasteiger charge is 2.16. The third kappa shape index (κ3) is 5.35. The van der Waals surface area contributed by atoms with E-state index in [1.807, 2.05) is 19.1 Å². The van der Waals surface area contributed by atoms with E-state index in [4.69, 9.17) is 9.15 Å². The minimum Gasteiger partial charge on any atom is -0.450 e. The average Bonchev–Trinajstić information content (AvgIpc) is 2.72. The first-order chi connectivity index (χ1) is 14.3. The molecule has 156 valence electrons. The molecule has 30 heavy (non-hydrogen) atoms. The normalized spacial score (nSPS) is 12.0. The number of fused-ring (bicyclic) bond motifs is 1. The lowest BCUT2D eigenvalue weighted by molar-refractivity contribution is -0.124. The molecule has 0 saturated carbocycles. The lowest BCUT2D eigenvalue weighted by Crippen LogP contribution is -2.31. The maximum Gasteiger partial charge on any atom is 0.374 e. The fraction of sp³-hybridized carbons (Fsp3) is 0.292. The molecule has 1 heterocycles. The van der Waals surface area contributed by atoms with Crippen molar-refractivity contribution >= 4 is 22.8 Å². The average molecular weight is 407 g/mol. The molecule has 2 aromatic carbocycles. The number of hydrogen-bond acceptors (Lipinski definition) is 5. The van der Waals surface area contributed by atoms with E-state index in [0.717, 1.165) is 18.1 Å². The van der Waals surface area contributed by atoms with Crippen molar-refractivity contribution in [2.75, 3.05) is 6.61 Å². The summed E-state index contributed by atoms with van der Waals surface area (Å²) < 4.78 is 10.4. The van der Waals surface area contributed by atoms with E-state index in [9.17, 15) is 14.4 Å². The van der Waals surface area contributed by atoms with Crippen molar-refractivity contribution in [3.8, 4) is 0 Å². The van der Waals surface area contributed by atoms with Gasteiger partial charge in [-0.15, -0.1) is 0 Å². The van der Waals surface area contributed by atoms with Crippen LogP contribution in [0.1, 0.15) is 48.5 Å². The molecule has 0 aliphatic heterocycles. The van der Waals surface area contributed by atoms with Crippen molar-refractivity contribution < 1.29 is 18.7 Å². The molecule has 0 aliphatic carbocycles. The Kier molecular flexibility index (Phi) is 6.67. The number of carbonyl (C=O) groups excluding carboxylic acids is 2. The summed E-state index contributed by atoms with van der Waals surface area (Å²) in [5.74, 6) is -0.959. The first kappa shape index (κ1) is 21.3. The quantitative estimate of drug-likeness (QED) is 0.598. The molecule has 0 unspecified atom stereocenters. The molecule has 1 amide bonds. The molecule has 0 bridgehead atoms. The smallest absolute Gasteiger partial charge is 0.374 e. The van der Waals surface area contributed by atoms with Crippen molar-refractivity contribution in [2.45, 2.75) is 33.2 Å². The van der Waals surface area contributed by atoms with E-state index < -0.39 is 18.5 Å². The molecule has 0 radical (unpaired) electrons. The third-order valence-electron chi connectivity index (χ3n) is 4.67. The van der Waals surface area contributed by atoms with E-state index in [1.165, 1.54) is 5.56 Å². The molecule has 1 aromatic heterocycles. The molecular formula is C24H25NO5. The fourth-order valence-corrected chi connectivity index (χ4v) is 3.19. The summed E-state index contributed by atoms with van der Waals surface area (Å²) in [5.41, 5.74) is 2.15. The number of amides is 1. The van der Waals surface area contributed by atoms with Gasteiger partial charge in [0.25, 0.3) is 5.91 Å². The molecule has 6 nitrogen and oxygen atoms in total. The Morgan fingerprint density at radius 2 is 1.73 bits per heavy atom. The molecular weight excluding hydrogens is 382 g/mol. The summed E-state index contributed by atoms with van der Waals surface area (Å²) in [5, 5.41) is 3.17. The second-order valence-electron chi connectivity index (χ2n) is 7.68.